The fourth-order valence-corrected chi connectivity index (χ4v) is 0.337. The summed E-state index contributed by atoms with van der Waals surface area (Å²) in [4.78, 5) is 9.87. The van der Waals surface area contributed by atoms with Gasteiger partial charge in [0.25, 0.3) is 0 Å². The number of amides is 1. The van der Waals surface area contributed by atoms with Crippen molar-refractivity contribution >= 4 is 5.91 Å². The maximum absolute atomic E-state index is 9.87. The van der Waals surface area contributed by atoms with Crippen molar-refractivity contribution in [2.45, 2.75) is 26.2 Å². The van der Waals surface area contributed by atoms with Gasteiger partial charge < -0.3 is 0 Å². The van der Waals surface area contributed by atoms with Gasteiger partial charge in [0.05, 0.1) is 0 Å². The molecule has 0 saturated heterocycles. The molecule has 1 amide bonds. The summed E-state index contributed by atoms with van der Waals surface area (Å²) in [5.74, 6) is -0.443. The summed E-state index contributed by atoms with van der Waals surface area (Å²) in [6.45, 7) is 2.00. The number of hydrogen-bond acceptors (Lipinski definition) is 1. The Morgan fingerprint density at radius 1 is 1.71 bits per heavy atom. The van der Waals surface area contributed by atoms with Crippen LogP contribution in [0.25, 0.3) is 0 Å². The van der Waals surface area contributed by atoms with Gasteiger partial charge in [-0.05, 0) is 6.42 Å². The minimum Gasteiger partial charge on any atom is -0.273 e. The highest BCUT2D eigenvalue weighted by molar-refractivity contribution is 5.72. The maximum Gasteiger partial charge on any atom is 0.238 e. The molecule has 0 aliphatic carbocycles. The summed E-state index contributed by atoms with van der Waals surface area (Å²) in [5.41, 5.74) is 6.44. The SMILES string of the molecule is CCCCC([NH])=O. The molecule has 0 unspecified atom stereocenters. The summed E-state index contributed by atoms with van der Waals surface area (Å²) in [5, 5.41) is 0. The van der Waals surface area contributed by atoms with Gasteiger partial charge in [-0.1, -0.05) is 13.3 Å². The smallest absolute Gasteiger partial charge is 0.238 e. The third kappa shape index (κ3) is 5.47. The van der Waals surface area contributed by atoms with Crippen LogP contribution < -0.4 is 5.73 Å². The summed E-state index contributed by atoms with van der Waals surface area (Å²) in [6.07, 6.45) is 2.30. The highest BCUT2D eigenvalue weighted by atomic mass is 16.1. The van der Waals surface area contributed by atoms with Crippen LogP contribution in [-0.2, 0) is 4.79 Å². The molecule has 0 spiro atoms. The lowest BCUT2D eigenvalue weighted by Crippen LogP contribution is -1.95. The normalized spacial score (nSPS) is 8.71. The molecule has 0 aromatic rings. The first kappa shape index (κ1) is 6.47. The number of unbranched alkanes of at least 4 members (excludes halogenated alkanes) is 1. The predicted molar refractivity (Wildman–Crippen MR) is 27.6 cm³/mol. The van der Waals surface area contributed by atoms with Gasteiger partial charge >= 0.3 is 0 Å². The predicted octanol–water partition coefficient (Wildman–Crippen LogP) is 0.986. The quantitative estimate of drug-likeness (QED) is 0.521. The molecule has 7 heavy (non-hydrogen) atoms. The van der Waals surface area contributed by atoms with Crippen LogP contribution in [0.2, 0.25) is 0 Å². The monoisotopic (exact) mass is 100 g/mol. The Morgan fingerprint density at radius 3 is 2.43 bits per heavy atom. The average molecular weight is 100 g/mol. The Bertz CT molecular complexity index is 61.1. The van der Waals surface area contributed by atoms with Crippen LogP contribution in [-0.4, -0.2) is 5.91 Å². The van der Waals surface area contributed by atoms with Crippen molar-refractivity contribution in [1.82, 2.24) is 5.73 Å². The molecule has 2 heteroatoms. The zero-order valence-electron chi connectivity index (χ0n) is 4.53. The molecule has 0 saturated carbocycles. The lowest BCUT2D eigenvalue weighted by atomic mass is 10.2. The fraction of sp³-hybridized carbons (Fsp3) is 0.800. The molecule has 0 aromatic carbocycles. The zero-order valence-corrected chi connectivity index (χ0v) is 4.53. The van der Waals surface area contributed by atoms with Crippen molar-refractivity contribution in [3.8, 4) is 0 Å². The Kier molecular flexibility index (Phi) is 3.38. The van der Waals surface area contributed by atoms with Crippen LogP contribution in [0.4, 0.5) is 0 Å². The van der Waals surface area contributed by atoms with Crippen LogP contribution in [0.5, 0.6) is 0 Å². The van der Waals surface area contributed by atoms with E-state index in [1.807, 2.05) is 6.92 Å². The van der Waals surface area contributed by atoms with E-state index in [4.69, 9.17) is 5.73 Å². The third-order valence-electron chi connectivity index (χ3n) is 0.757. The van der Waals surface area contributed by atoms with Gasteiger partial charge in [-0.3, -0.25) is 10.5 Å². The molecule has 0 rings (SSSR count). The minimum absolute atomic E-state index is 0.427. The lowest BCUT2D eigenvalue weighted by molar-refractivity contribution is -0.118. The summed E-state index contributed by atoms with van der Waals surface area (Å²) in [7, 11) is 0. The van der Waals surface area contributed by atoms with Crippen molar-refractivity contribution < 1.29 is 4.79 Å². The topological polar surface area (TPSA) is 40.9 Å². The summed E-state index contributed by atoms with van der Waals surface area (Å²) >= 11 is 0. The molecule has 1 radical (unpaired) electrons. The maximum atomic E-state index is 9.87. The first-order valence-electron chi connectivity index (χ1n) is 2.51. The number of hydrogen-bond donors (Lipinski definition) is 0. The number of carbonyl (C=O) groups is 1. The van der Waals surface area contributed by atoms with E-state index in [1.54, 1.807) is 0 Å². The van der Waals surface area contributed by atoms with Crippen molar-refractivity contribution in [3.63, 3.8) is 0 Å². The Labute approximate surface area is 43.7 Å². The standard InChI is InChI=1S/C5H10NO/c1-2-3-4-5(6)7/h6H,2-4H2,1H3. The highest BCUT2D eigenvalue weighted by Crippen LogP contribution is 1.90. The van der Waals surface area contributed by atoms with Crippen molar-refractivity contribution in [2.24, 2.45) is 0 Å². The molecule has 0 aromatic heterocycles. The molecule has 0 aliphatic heterocycles. The van der Waals surface area contributed by atoms with E-state index in [0.29, 0.717) is 6.42 Å². The second-order valence-electron chi connectivity index (χ2n) is 1.53. The van der Waals surface area contributed by atoms with Gasteiger partial charge in [-0.15, -0.1) is 0 Å². The van der Waals surface area contributed by atoms with Gasteiger partial charge in [-0.25, -0.2) is 0 Å². The summed E-state index contributed by atoms with van der Waals surface area (Å²) < 4.78 is 0. The van der Waals surface area contributed by atoms with E-state index in [-0.39, 0.29) is 0 Å². The zero-order chi connectivity index (χ0) is 5.70. The van der Waals surface area contributed by atoms with Crippen LogP contribution in [0, 0.1) is 0 Å². The van der Waals surface area contributed by atoms with Crippen LogP contribution >= 0.6 is 0 Å². The van der Waals surface area contributed by atoms with E-state index < -0.39 is 5.91 Å². The Hall–Kier alpha value is -0.530. The Morgan fingerprint density at radius 2 is 2.29 bits per heavy atom. The molecule has 0 fully saturated rings. The fourth-order valence-electron chi connectivity index (χ4n) is 0.337. The molecule has 0 atom stereocenters. The summed E-state index contributed by atoms with van der Waals surface area (Å²) in [6, 6.07) is 0. The lowest BCUT2D eigenvalue weighted by Gasteiger charge is -1.85. The van der Waals surface area contributed by atoms with Gasteiger partial charge in [0, 0.05) is 6.42 Å². The van der Waals surface area contributed by atoms with Gasteiger partial charge in [-0.2, -0.15) is 0 Å². The van der Waals surface area contributed by atoms with E-state index in [0.717, 1.165) is 12.8 Å². The second kappa shape index (κ2) is 3.65. The molecule has 0 aliphatic rings. The number of nitrogens with one attached hydrogen (secondary N) is 1. The first-order chi connectivity index (χ1) is 3.27. The van der Waals surface area contributed by atoms with Crippen LogP contribution in [0.15, 0.2) is 0 Å². The molecule has 0 heterocycles. The number of rotatable bonds is 3. The van der Waals surface area contributed by atoms with E-state index in [9.17, 15) is 4.79 Å². The Balaban J connectivity index is 2.82. The highest BCUT2D eigenvalue weighted by Gasteiger charge is 1.89. The van der Waals surface area contributed by atoms with Gasteiger partial charge in [0.2, 0.25) is 5.91 Å². The average Bonchev–Trinajstić information content (AvgIpc) is 1.61. The van der Waals surface area contributed by atoms with E-state index in [1.165, 1.54) is 0 Å². The van der Waals surface area contributed by atoms with Crippen molar-refractivity contribution in [1.29, 1.82) is 0 Å². The van der Waals surface area contributed by atoms with Crippen LogP contribution in [0.1, 0.15) is 26.2 Å². The molecular formula is C5H10NO. The van der Waals surface area contributed by atoms with Gasteiger partial charge in [0.1, 0.15) is 0 Å². The molecule has 41 valence electrons. The molecule has 2 nitrogen and oxygen atoms in total. The van der Waals surface area contributed by atoms with Crippen molar-refractivity contribution in [2.75, 3.05) is 0 Å². The third-order valence-corrected chi connectivity index (χ3v) is 0.757. The van der Waals surface area contributed by atoms with E-state index in [2.05, 4.69) is 0 Å². The van der Waals surface area contributed by atoms with Gasteiger partial charge in [0.15, 0.2) is 0 Å². The molecule has 1 N–H and O–H groups in total. The van der Waals surface area contributed by atoms with E-state index >= 15 is 0 Å². The largest absolute Gasteiger partial charge is 0.273 e. The minimum atomic E-state index is -0.443. The molecule has 0 bridgehead atoms. The number of carbonyl (C=O) groups excluding carboxylic acids is 1. The second-order valence-corrected chi connectivity index (χ2v) is 1.53. The first-order valence-corrected chi connectivity index (χ1v) is 2.51. The van der Waals surface area contributed by atoms with Crippen molar-refractivity contribution in [3.05, 3.63) is 0 Å². The van der Waals surface area contributed by atoms with Crippen LogP contribution in [0.3, 0.4) is 0 Å². The molecular weight excluding hydrogens is 90.1 g/mol.